The van der Waals surface area contributed by atoms with Crippen LogP contribution < -0.4 is 9.47 Å². The van der Waals surface area contributed by atoms with Crippen molar-refractivity contribution in [2.45, 2.75) is 19.4 Å². The molecule has 0 saturated heterocycles. The summed E-state index contributed by atoms with van der Waals surface area (Å²) in [7, 11) is 3.13. The smallest absolute Gasteiger partial charge is 0.251 e. The molecule has 0 radical (unpaired) electrons. The number of hydrogen-bond acceptors (Lipinski definition) is 6. The molecule has 0 unspecified atom stereocenters. The van der Waals surface area contributed by atoms with E-state index in [-0.39, 0.29) is 11.8 Å². The number of benzene rings is 1. The Morgan fingerprint density at radius 3 is 2.42 bits per heavy atom. The lowest BCUT2D eigenvalue weighted by molar-refractivity contribution is 0.0487. The largest absolute Gasteiger partial charge is 0.497 e. The average Bonchev–Trinajstić information content (AvgIpc) is 2.87. The summed E-state index contributed by atoms with van der Waals surface area (Å²) in [5.74, 6) is 1.66. The third kappa shape index (κ3) is 2.68. The van der Waals surface area contributed by atoms with Gasteiger partial charge < -0.3 is 19.0 Å². The Hall–Kier alpha value is -2.08. The van der Waals surface area contributed by atoms with Gasteiger partial charge in [-0.15, -0.1) is 10.2 Å². The first-order chi connectivity index (χ1) is 8.95. The predicted octanol–water partition coefficient (Wildman–Crippen LogP) is 1.98. The summed E-state index contributed by atoms with van der Waals surface area (Å²) in [4.78, 5) is 0. The van der Waals surface area contributed by atoms with Gasteiger partial charge in [-0.1, -0.05) is 0 Å². The first-order valence-corrected chi connectivity index (χ1v) is 5.74. The molecule has 0 aliphatic carbocycles. The molecule has 0 aliphatic heterocycles. The highest BCUT2D eigenvalue weighted by Crippen LogP contribution is 2.33. The molecule has 0 aliphatic rings. The minimum Gasteiger partial charge on any atom is -0.497 e. The topological polar surface area (TPSA) is 77.6 Å². The fourth-order valence-electron chi connectivity index (χ4n) is 1.56. The van der Waals surface area contributed by atoms with Crippen molar-refractivity contribution in [3.05, 3.63) is 24.1 Å². The van der Waals surface area contributed by atoms with Crippen molar-refractivity contribution < 1.29 is 19.0 Å². The first kappa shape index (κ1) is 13.4. The molecule has 1 heterocycles. The van der Waals surface area contributed by atoms with Crippen molar-refractivity contribution in [1.82, 2.24) is 10.2 Å². The molecule has 1 N–H and O–H groups in total. The highest BCUT2D eigenvalue weighted by molar-refractivity contribution is 5.64. The molecular weight excluding hydrogens is 248 g/mol. The summed E-state index contributed by atoms with van der Waals surface area (Å²) in [6, 6.07) is 5.26. The van der Waals surface area contributed by atoms with Crippen LogP contribution in [0.3, 0.4) is 0 Å². The predicted molar refractivity (Wildman–Crippen MR) is 68.1 cm³/mol. The normalized spacial score (nSPS) is 11.4. The molecule has 0 bridgehead atoms. The lowest BCUT2D eigenvalue weighted by atomic mass is 10.1. The summed E-state index contributed by atoms with van der Waals surface area (Å²) < 4.78 is 15.9. The third-order valence-corrected chi connectivity index (χ3v) is 2.59. The van der Waals surface area contributed by atoms with Crippen LogP contribution in [0.5, 0.6) is 11.5 Å². The molecular formula is C13H16N2O4. The Kier molecular flexibility index (Phi) is 3.44. The summed E-state index contributed by atoms with van der Waals surface area (Å²) >= 11 is 0. The Labute approximate surface area is 111 Å². The first-order valence-electron chi connectivity index (χ1n) is 5.74. The molecule has 2 aromatic rings. The second-order valence-electron chi connectivity index (χ2n) is 4.54. The Bertz CT molecular complexity index is 572. The van der Waals surface area contributed by atoms with Crippen LogP contribution in [0.25, 0.3) is 11.5 Å². The van der Waals surface area contributed by atoms with E-state index in [1.54, 1.807) is 46.3 Å². The van der Waals surface area contributed by atoms with Gasteiger partial charge in [-0.2, -0.15) is 0 Å². The number of aliphatic hydroxyl groups is 1. The van der Waals surface area contributed by atoms with Gasteiger partial charge in [-0.25, -0.2) is 0 Å². The monoisotopic (exact) mass is 264 g/mol. The molecule has 1 aromatic carbocycles. The van der Waals surface area contributed by atoms with Crippen LogP contribution >= 0.6 is 0 Å². The number of ether oxygens (including phenoxy) is 2. The number of rotatable bonds is 4. The highest BCUT2D eigenvalue weighted by Gasteiger charge is 2.25. The third-order valence-electron chi connectivity index (χ3n) is 2.59. The van der Waals surface area contributed by atoms with Crippen molar-refractivity contribution in [2.24, 2.45) is 0 Å². The van der Waals surface area contributed by atoms with Crippen molar-refractivity contribution in [2.75, 3.05) is 14.2 Å². The van der Waals surface area contributed by atoms with E-state index in [2.05, 4.69) is 10.2 Å². The van der Waals surface area contributed by atoms with Gasteiger partial charge in [-0.05, 0) is 32.0 Å². The minimum absolute atomic E-state index is 0.146. The van der Waals surface area contributed by atoms with Gasteiger partial charge in [0.2, 0.25) is 5.89 Å². The summed E-state index contributed by atoms with van der Waals surface area (Å²) in [6.45, 7) is 3.15. The van der Waals surface area contributed by atoms with Crippen LogP contribution in [-0.2, 0) is 5.60 Å². The second-order valence-corrected chi connectivity index (χ2v) is 4.54. The molecule has 19 heavy (non-hydrogen) atoms. The van der Waals surface area contributed by atoms with Crippen molar-refractivity contribution in [1.29, 1.82) is 0 Å². The molecule has 0 saturated carbocycles. The molecule has 2 rings (SSSR count). The van der Waals surface area contributed by atoms with Gasteiger partial charge in [-0.3, -0.25) is 0 Å². The molecule has 0 atom stereocenters. The molecule has 6 nitrogen and oxygen atoms in total. The Morgan fingerprint density at radius 1 is 1.16 bits per heavy atom. The van der Waals surface area contributed by atoms with Crippen LogP contribution in [0, 0.1) is 0 Å². The lowest BCUT2D eigenvalue weighted by Crippen LogP contribution is -2.15. The molecule has 0 fully saturated rings. The highest BCUT2D eigenvalue weighted by atomic mass is 16.5. The maximum atomic E-state index is 9.82. The van der Waals surface area contributed by atoms with E-state index >= 15 is 0 Å². The number of hydrogen-bond donors (Lipinski definition) is 1. The van der Waals surface area contributed by atoms with E-state index in [0.29, 0.717) is 17.1 Å². The quantitative estimate of drug-likeness (QED) is 0.909. The molecule has 102 valence electrons. The average molecular weight is 264 g/mol. The van der Waals surface area contributed by atoms with Crippen molar-refractivity contribution in [3.8, 4) is 23.0 Å². The summed E-state index contributed by atoms with van der Waals surface area (Å²) in [5.41, 5.74) is -0.568. The SMILES string of the molecule is COc1ccc(OC)c(-c2nnc(C(C)(C)O)o2)c1. The van der Waals surface area contributed by atoms with Crippen molar-refractivity contribution >= 4 is 0 Å². The minimum atomic E-state index is -1.18. The van der Waals surface area contributed by atoms with E-state index < -0.39 is 5.60 Å². The molecule has 6 heteroatoms. The van der Waals surface area contributed by atoms with Crippen LogP contribution in [0.2, 0.25) is 0 Å². The molecule has 0 amide bonds. The Morgan fingerprint density at radius 2 is 1.89 bits per heavy atom. The number of methoxy groups -OCH3 is 2. The van der Waals surface area contributed by atoms with Crippen LogP contribution in [0.4, 0.5) is 0 Å². The van der Waals surface area contributed by atoms with Gasteiger partial charge >= 0.3 is 0 Å². The summed E-state index contributed by atoms with van der Waals surface area (Å²) in [5, 5.41) is 17.6. The van der Waals surface area contributed by atoms with Crippen LogP contribution in [-0.4, -0.2) is 29.5 Å². The number of nitrogens with zero attached hydrogens (tertiary/aromatic N) is 2. The molecule has 1 aromatic heterocycles. The van der Waals surface area contributed by atoms with Gasteiger partial charge in [0, 0.05) is 0 Å². The van der Waals surface area contributed by atoms with Gasteiger partial charge in [0.05, 0.1) is 19.8 Å². The number of aromatic nitrogens is 2. The maximum Gasteiger partial charge on any atom is 0.251 e. The van der Waals surface area contributed by atoms with Crippen LogP contribution in [0.15, 0.2) is 22.6 Å². The van der Waals surface area contributed by atoms with E-state index in [1.165, 1.54) is 0 Å². The van der Waals surface area contributed by atoms with E-state index in [9.17, 15) is 5.11 Å². The van der Waals surface area contributed by atoms with Gasteiger partial charge in [0.25, 0.3) is 5.89 Å². The molecule has 0 spiro atoms. The van der Waals surface area contributed by atoms with Crippen LogP contribution in [0.1, 0.15) is 19.7 Å². The zero-order valence-corrected chi connectivity index (χ0v) is 11.3. The summed E-state index contributed by atoms with van der Waals surface area (Å²) in [6.07, 6.45) is 0. The van der Waals surface area contributed by atoms with Crippen molar-refractivity contribution in [3.63, 3.8) is 0 Å². The Balaban J connectivity index is 2.48. The van der Waals surface area contributed by atoms with Gasteiger partial charge in [0.1, 0.15) is 17.1 Å². The maximum absolute atomic E-state index is 9.82. The van der Waals surface area contributed by atoms with Gasteiger partial charge in [0.15, 0.2) is 0 Å². The van der Waals surface area contributed by atoms with E-state index in [1.807, 2.05) is 0 Å². The van der Waals surface area contributed by atoms with E-state index in [4.69, 9.17) is 13.9 Å². The lowest BCUT2D eigenvalue weighted by Gasteiger charge is -2.10. The zero-order chi connectivity index (χ0) is 14.0. The second kappa shape index (κ2) is 4.89. The fourth-order valence-corrected chi connectivity index (χ4v) is 1.56. The fraction of sp³-hybridized carbons (Fsp3) is 0.385. The zero-order valence-electron chi connectivity index (χ0n) is 11.3. The standard InChI is InChI=1S/C13H16N2O4/c1-13(2,16)12-15-14-11(19-12)9-7-8(17-3)5-6-10(9)18-4/h5-7,16H,1-4H3. The van der Waals surface area contributed by atoms with E-state index in [0.717, 1.165) is 0 Å².